The van der Waals surface area contributed by atoms with Gasteiger partial charge >= 0.3 is 0 Å². The van der Waals surface area contributed by atoms with E-state index in [1.807, 2.05) is 13.8 Å². The van der Waals surface area contributed by atoms with Crippen molar-refractivity contribution in [2.45, 2.75) is 20.4 Å². The number of aromatic nitrogens is 1. The number of carbonyl (C=O) groups excluding carboxylic acids is 1. The van der Waals surface area contributed by atoms with Crippen molar-refractivity contribution in [3.8, 4) is 5.75 Å². The summed E-state index contributed by atoms with van der Waals surface area (Å²) < 4.78 is 10.7. The van der Waals surface area contributed by atoms with E-state index in [0.29, 0.717) is 16.7 Å². The fourth-order valence-electron chi connectivity index (χ4n) is 1.55. The number of nitrogens with one attached hydrogen (secondary N) is 1. The van der Waals surface area contributed by atoms with E-state index in [0.717, 1.165) is 11.5 Å². The summed E-state index contributed by atoms with van der Waals surface area (Å²) in [5, 5.41) is 3.14. The van der Waals surface area contributed by atoms with Crippen LogP contribution in [0.2, 0.25) is 5.02 Å². The van der Waals surface area contributed by atoms with E-state index in [-0.39, 0.29) is 19.1 Å². The van der Waals surface area contributed by atoms with Gasteiger partial charge < -0.3 is 14.5 Å². The number of rotatable bonds is 5. The molecular weight excluding hydrogens is 280 g/mol. The summed E-state index contributed by atoms with van der Waals surface area (Å²) in [7, 11) is 0. The number of nitrogens with zero attached hydrogens (tertiary/aromatic N) is 1. The smallest absolute Gasteiger partial charge is 0.258 e. The first-order valence-corrected chi connectivity index (χ1v) is 6.51. The minimum Gasteiger partial charge on any atom is -0.482 e. The summed E-state index contributed by atoms with van der Waals surface area (Å²) in [6, 6.07) is 6.99. The largest absolute Gasteiger partial charge is 0.482 e. The zero-order valence-electron chi connectivity index (χ0n) is 11.3. The van der Waals surface area contributed by atoms with Crippen LogP contribution in [0.3, 0.4) is 0 Å². The van der Waals surface area contributed by atoms with Crippen LogP contribution in [-0.2, 0) is 11.3 Å². The Morgan fingerprint density at radius 3 is 2.80 bits per heavy atom. The molecule has 2 rings (SSSR count). The molecule has 106 valence electrons. The van der Waals surface area contributed by atoms with Crippen molar-refractivity contribution in [2.24, 2.45) is 0 Å². The summed E-state index contributed by atoms with van der Waals surface area (Å²) in [5.41, 5.74) is 0.821. The van der Waals surface area contributed by atoms with E-state index >= 15 is 0 Å². The number of halogens is 1. The summed E-state index contributed by atoms with van der Waals surface area (Å²) >= 11 is 5.92. The number of ether oxygens (including phenoxy) is 1. The number of para-hydroxylation sites is 1. The molecule has 0 unspecified atom stereocenters. The van der Waals surface area contributed by atoms with Gasteiger partial charge in [-0.15, -0.1) is 0 Å². The van der Waals surface area contributed by atoms with Crippen molar-refractivity contribution in [2.75, 3.05) is 6.61 Å². The molecule has 6 heteroatoms. The Morgan fingerprint density at radius 2 is 2.15 bits per heavy atom. The molecule has 0 saturated carbocycles. The van der Waals surface area contributed by atoms with Gasteiger partial charge in [0.1, 0.15) is 11.5 Å². The van der Waals surface area contributed by atoms with E-state index in [1.54, 1.807) is 24.3 Å². The van der Waals surface area contributed by atoms with Gasteiger partial charge in [-0.2, -0.15) is 0 Å². The Balaban J connectivity index is 1.80. The Kier molecular flexibility index (Phi) is 4.63. The lowest BCUT2D eigenvalue weighted by Crippen LogP contribution is -2.28. The molecule has 0 fully saturated rings. The van der Waals surface area contributed by atoms with Crippen LogP contribution in [0.25, 0.3) is 0 Å². The van der Waals surface area contributed by atoms with E-state index in [4.69, 9.17) is 20.8 Å². The van der Waals surface area contributed by atoms with Crippen molar-refractivity contribution < 1.29 is 13.9 Å². The third-order valence-corrected chi connectivity index (χ3v) is 3.02. The summed E-state index contributed by atoms with van der Waals surface area (Å²) in [6.07, 6.45) is 0. The van der Waals surface area contributed by atoms with E-state index in [1.165, 1.54) is 0 Å². The first-order valence-electron chi connectivity index (χ1n) is 6.13. The van der Waals surface area contributed by atoms with Crippen molar-refractivity contribution in [1.29, 1.82) is 0 Å². The lowest BCUT2D eigenvalue weighted by molar-refractivity contribution is -0.123. The van der Waals surface area contributed by atoms with Crippen LogP contribution in [0, 0.1) is 13.8 Å². The normalized spacial score (nSPS) is 10.3. The monoisotopic (exact) mass is 294 g/mol. The van der Waals surface area contributed by atoms with Crippen molar-refractivity contribution in [3.05, 3.63) is 46.6 Å². The quantitative estimate of drug-likeness (QED) is 0.921. The molecule has 0 bridgehead atoms. The zero-order valence-corrected chi connectivity index (χ0v) is 12.0. The number of carbonyl (C=O) groups is 1. The molecule has 0 atom stereocenters. The Morgan fingerprint density at radius 1 is 1.40 bits per heavy atom. The van der Waals surface area contributed by atoms with Gasteiger partial charge in [0, 0.05) is 0 Å². The number of oxazole rings is 1. The van der Waals surface area contributed by atoms with Crippen LogP contribution in [0.1, 0.15) is 17.3 Å². The molecule has 0 saturated heterocycles. The van der Waals surface area contributed by atoms with Crippen LogP contribution >= 0.6 is 11.6 Å². The molecule has 0 radical (unpaired) electrons. The summed E-state index contributed by atoms with van der Waals surface area (Å²) in [4.78, 5) is 15.8. The minimum absolute atomic E-state index is 0.109. The van der Waals surface area contributed by atoms with Gasteiger partial charge in [0.05, 0.1) is 17.3 Å². The maximum Gasteiger partial charge on any atom is 0.258 e. The highest BCUT2D eigenvalue weighted by molar-refractivity contribution is 6.32. The molecule has 2 aromatic rings. The molecule has 0 aliphatic heterocycles. The van der Waals surface area contributed by atoms with Crippen molar-refractivity contribution in [1.82, 2.24) is 10.3 Å². The number of hydrogen-bond donors (Lipinski definition) is 1. The van der Waals surface area contributed by atoms with Gasteiger partial charge in [-0.1, -0.05) is 23.7 Å². The van der Waals surface area contributed by atoms with E-state index in [2.05, 4.69) is 10.3 Å². The van der Waals surface area contributed by atoms with Crippen LogP contribution in [0.5, 0.6) is 5.75 Å². The summed E-state index contributed by atoms with van der Waals surface area (Å²) in [6.45, 7) is 3.81. The number of aryl methyl sites for hydroxylation is 2. The average Bonchev–Trinajstić information content (AvgIpc) is 2.75. The van der Waals surface area contributed by atoms with Crippen molar-refractivity contribution in [3.63, 3.8) is 0 Å². The number of amides is 1. The molecule has 20 heavy (non-hydrogen) atoms. The van der Waals surface area contributed by atoms with Crippen LogP contribution in [0.15, 0.2) is 28.7 Å². The van der Waals surface area contributed by atoms with Gasteiger partial charge in [-0.3, -0.25) is 4.79 Å². The fraction of sp³-hybridized carbons (Fsp3) is 0.286. The first-order chi connectivity index (χ1) is 9.56. The lowest BCUT2D eigenvalue weighted by atomic mass is 10.3. The number of hydrogen-bond acceptors (Lipinski definition) is 4. The van der Waals surface area contributed by atoms with E-state index < -0.39 is 0 Å². The SMILES string of the molecule is Cc1nc(CNC(=O)COc2ccccc2Cl)oc1C. The van der Waals surface area contributed by atoms with E-state index in [9.17, 15) is 4.79 Å². The predicted octanol–water partition coefficient (Wildman–Crippen LogP) is 2.64. The minimum atomic E-state index is -0.265. The molecule has 1 aromatic carbocycles. The molecule has 1 amide bonds. The van der Waals surface area contributed by atoms with Crippen LogP contribution < -0.4 is 10.1 Å². The molecule has 0 aliphatic carbocycles. The van der Waals surface area contributed by atoms with Gasteiger partial charge in [0.2, 0.25) is 5.89 Å². The van der Waals surface area contributed by atoms with Crippen LogP contribution in [0.4, 0.5) is 0 Å². The maximum atomic E-state index is 11.6. The molecule has 1 heterocycles. The Bertz CT molecular complexity index is 591. The lowest BCUT2D eigenvalue weighted by Gasteiger charge is -2.07. The summed E-state index contributed by atoms with van der Waals surface area (Å²) in [5.74, 6) is 1.44. The Labute approximate surface area is 121 Å². The predicted molar refractivity (Wildman–Crippen MR) is 74.8 cm³/mol. The highest BCUT2D eigenvalue weighted by atomic mass is 35.5. The molecule has 0 aliphatic rings. The second-order valence-electron chi connectivity index (χ2n) is 4.25. The second kappa shape index (κ2) is 6.43. The van der Waals surface area contributed by atoms with Gasteiger partial charge in [0.25, 0.3) is 5.91 Å². The first kappa shape index (κ1) is 14.4. The fourth-order valence-corrected chi connectivity index (χ4v) is 1.74. The number of benzene rings is 1. The second-order valence-corrected chi connectivity index (χ2v) is 4.65. The standard InChI is InChI=1S/C14H15ClN2O3/c1-9-10(2)20-14(17-9)7-16-13(18)8-19-12-6-4-3-5-11(12)15/h3-6H,7-8H2,1-2H3,(H,16,18). The third kappa shape index (κ3) is 3.74. The Hall–Kier alpha value is -2.01. The van der Waals surface area contributed by atoms with Crippen molar-refractivity contribution >= 4 is 17.5 Å². The van der Waals surface area contributed by atoms with Gasteiger partial charge in [-0.05, 0) is 26.0 Å². The highest BCUT2D eigenvalue weighted by Gasteiger charge is 2.08. The molecule has 1 N–H and O–H groups in total. The molecule has 1 aromatic heterocycles. The molecule has 5 nitrogen and oxygen atoms in total. The van der Waals surface area contributed by atoms with Crippen LogP contribution in [-0.4, -0.2) is 17.5 Å². The molecule has 0 spiro atoms. The highest BCUT2D eigenvalue weighted by Crippen LogP contribution is 2.22. The molecular formula is C14H15ClN2O3. The average molecular weight is 295 g/mol. The zero-order chi connectivity index (χ0) is 14.5. The van der Waals surface area contributed by atoms with Gasteiger partial charge in [0.15, 0.2) is 6.61 Å². The maximum absolute atomic E-state index is 11.6. The van der Waals surface area contributed by atoms with Gasteiger partial charge in [-0.25, -0.2) is 4.98 Å². The third-order valence-electron chi connectivity index (χ3n) is 2.71. The topological polar surface area (TPSA) is 64.4 Å².